The summed E-state index contributed by atoms with van der Waals surface area (Å²) < 4.78 is 7.38. The summed E-state index contributed by atoms with van der Waals surface area (Å²) in [5.74, 6) is -0.112. The van der Waals surface area contributed by atoms with Gasteiger partial charge in [-0.15, -0.1) is 0 Å². The van der Waals surface area contributed by atoms with Crippen LogP contribution in [-0.2, 0) is 11.2 Å². The molecule has 5 heteroatoms. The van der Waals surface area contributed by atoms with Gasteiger partial charge in [0.05, 0.1) is 30.1 Å². The number of nitrogens with zero attached hydrogens (tertiary/aromatic N) is 2. The summed E-state index contributed by atoms with van der Waals surface area (Å²) in [4.78, 5) is 11.7. The van der Waals surface area contributed by atoms with Crippen LogP contribution in [0.2, 0.25) is 0 Å². The second-order valence-corrected chi connectivity index (χ2v) is 6.82. The standard InChI is InChI=1S/C25H22N2O3/c1-2-30-21-15-13-20(14-16-21)27-25(19-11-7-4-8-12-19)22(17-23(28)29)24(26-27)18-9-5-3-6-10-18/h3-16H,2,17H2,1H3,(H,28,29). The number of carboxylic acids is 1. The number of hydrogen-bond acceptors (Lipinski definition) is 3. The fraction of sp³-hybridized carbons (Fsp3) is 0.120. The Morgan fingerprint density at radius 1 is 0.900 bits per heavy atom. The number of carboxylic acid groups (broad SMARTS) is 1. The maximum Gasteiger partial charge on any atom is 0.307 e. The number of ether oxygens (including phenoxy) is 1. The second-order valence-electron chi connectivity index (χ2n) is 6.82. The highest BCUT2D eigenvalue weighted by molar-refractivity contribution is 5.82. The lowest BCUT2D eigenvalue weighted by Gasteiger charge is -2.10. The van der Waals surface area contributed by atoms with Gasteiger partial charge in [-0.3, -0.25) is 4.79 Å². The number of carbonyl (C=O) groups is 1. The highest BCUT2D eigenvalue weighted by Crippen LogP contribution is 2.35. The van der Waals surface area contributed by atoms with Crippen molar-refractivity contribution in [3.8, 4) is 34.0 Å². The molecule has 0 amide bonds. The predicted molar refractivity (Wildman–Crippen MR) is 117 cm³/mol. The normalized spacial score (nSPS) is 10.7. The van der Waals surface area contributed by atoms with Gasteiger partial charge in [0, 0.05) is 16.7 Å². The Kier molecular flexibility index (Phi) is 5.61. The smallest absolute Gasteiger partial charge is 0.307 e. The van der Waals surface area contributed by atoms with Gasteiger partial charge >= 0.3 is 5.97 Å². The number of hydrogen-bond donors (Lipinski definition) is 1. The quantitative estimate of drug-likeness (QED) is 0.463. The van der Waals surface area contributed by atoms with Gasteiger partial charge in [0.1, 0.15) is 5.75 Å². The molecule has 30 heavy (non-hydrogen) atoms. The zero-order valence-corrected chi connectivity index (χ0v) is 16.7. The molecule has 1 N–H and O–H groups in total. The molecular weight excluding hydrogens is 376 g/mol. The van der Waals surface area contributed by atoms with E-state index in [1.807, 2.05) is 96.5 Å². The highest BCUT2D eigenvalue weighted by atomic mass is 16.5. The average molecular weight is 398 g/mol. The first kappa shape index (κ1) is 19.5. The molecule has 0 saturated heterocycles. The molecule has 0 spiro atoms. The van der Waals surface area contributed by atoms with Crippen LogP contribution >= 0.6 is 0 Å². The molecule has 4 rings (SSSR count). The Balaban J connectivity index is 1.96. The van der Waals surface area contributed by atoms with Crippen LogP contribution < -0.4 is 4.74 Å². The van der Waals surface area contributed by atoms with E-state index in [0.717, 1.165) is 28.3 Å². The third kappa shape index (κ3) is 3.96. The molecule has 4 aromatic rings. The molecule has 0 aliphatic heterocycles. The Hall–Kier alpha value is -3.86. The van der Waals surface area contributed by atoms with Crippen LogP contribution in [0.3, 0.4) is 0 Å². The number of benzene rings is 3. The summed E-state index contributed by atoms with van der Waals surface area (Å²) in [6, 6.07) is 27.1. The Bertz CT molecular complexity index is 1130. The minimum absolute atomic E-state index is 0.120. The number of rotatable bonds is 7. The van der Waals surface area contributed by atoms with Crippen LogP contribution in [0, 0.1) is 0 Å². The molecular formula is C25H22N2O3. The summed E-state index contributed by atoms with van der Waals surface area (Å²) >= 11 is 0. The van der Waals surface area contributed by atoms with E-state index in [1.54, 1.807) is 0 Å². The minimum atomic E-state index is -0.893. The SMILES string of the molecule is CCOc1ccc(-n2nc(-c3ccccc3)c(CC(=O)O)c2-c2ccccc2)cc1. The van der Waals surface area contributed by atoms with Crippen molar-refractivity contribution in [3.63, 3.8) is 0 Å². The summed E-state index contributed by atoms with van der Waals surface area (Å²) in [5, 5.41) is 14.5. The minimum Gasteiger partial charge on any atom is -0.494 e. The first-order valence-electron chi connectivity index (χ1n) is 9.85. The van der Waals surface area contributed by atoms with E-state index in [9.17, 15) is 9.90 Å². The van der Waals surface area contributed by atoms with E-state index in [4.69, 9.17) is 9.84 Å². The van der Waals surface area contributed by atoms with Crippen LogP contribution in [-0.4, -0.2) is 27.5 Å². The van der Waals surface area contributed by atoms with Crippen molar-refractivity contribution in [2.45, 2.75) is 13.3 Å². The topological polar surface area (TPSA) is 64.4 Å². The molecule has 0 saturated carbocycles. The van der Waals surface area contributed by atoms with Crippen LogP contribution in [0.1, 0.15) is 12.5 Å². The van der Waals surface area contributed by atoms with Gasteiger partial charge in [-0.2, -0.15) is 5.10 Å². The molecule has 1 aromatic heterocycles. The lowest BCUT2D eigenvalue weighted by molar-refractivity contribution is -0.136. The third-order valence-electron chi connectivity index (χ3n) is 4.80. The predicted octanol–water partition coefficient (Wildman–Crippen LogP) is 5.23. The van der Waals surface area contributed by atoms with Crippen molar-refractivity contribution in [1.82, 2.24) is 9.78 Å². The zero-order chi connectivity index (χ0) is 20.9. The lowest BCUT2D eigenvalue weighted by atomic mass is 9.99. The number of aromatic nitrogens is 2. The Morgan fingerprint density at radius 2 is 1.50 bits per heavy atom. The van der Waals surface area contributed by atoms with Gasteiger partial charge in [0.15, 0.2) is 0 Å². The van der Waals surface area contributed by atoms with Crippen molar-refractivity contribution >= 4 is 5.97 Å². The van der Waals surface area contributed by atoms with Gasteiger partial charge in [0.2, 0.25) is 0 Å². The van der Waals surface area contributed by atoms with Crippen LogP contribution in [0.25, 0.3) is 28.2 Å². The molecule has 0 fully saturated rings. The van der Waals surface area contributed by atoms with Crippen LogP contribution in [0.4, 0.5) is 0 Å². The monoisotopic (exact) mass is 398 g/mol. The molecule has 0 radical (unpaired) electrons. The van der Waals surface area contributed by atoms with Crippen molar-refractivity contribution in [1.29, 1.82) is 0 Å². The summed E-state index contributed by atoms with van der Waals surface area (Å²) in [6.45, 7) is 2.54. The van der Waals surface area contributed by atoms with Gasteiger partial charge in [-0.05, 0) is 31.2 Å². The number of aliphatic carboxylic acids is 1. The average Bonchev–Trinajstić information content (AvgIpc) is 3.14. The van der Waals surface area contributed by atoms with E-state index in [2.05, 4.69) is 0 Å². The maximum atomic E-state index is 11.7. The van der Waals surface area contributed by atoms with Crippen molar-refractivity contribution in [2.24, 2.45) is 0 Å². The van der Waals surface area contributed by atoms with Crippen LogP contribution in [0.15, 0.2) is 84.9 Å². The maximum absolute atomic E-state index is 11.7. The van der Waals surface area contributed by atoms with Crippen molar-refractivity contribution in [2.75, 3.05) is 6.61 Å². The van der Waals surface area contributed by atoms with E-state index in [-0.39, 0.29) is 6.42 Å². The fourth-order valence-electron chi connectivity index (χ4n) is 3.53. The van der Waals surface area contributed by atoms with E-state index in [1.165, 1.54) is 0 Å². The molecule has 0 aliphatic rings. The zero-order valence-electron chi connectivity index (χ0n) is 16.7. The third-order valence-corrected chi connectivity index (χ3v) is 4.80. The van der Waals surface area contributed by atoms with Gasteiger partial charge in [-0.1, -0.05) is 60.7 Å². The Labute approximate surface area is 175 Å². The highest BCUT2D eigenvalue weighted by Gasteiger charge is 2.23. The van der Waals surface area contributed by atoms with Gasteiger partial charge in [0.25, 0.3) is 0 Å². The lowest BCUT2D eigenvalue weighted by Crippen LogP contribution is -2.04. The summed E-state index contributed by atoms with van der Waals surface area (Å²) in [6.07, 6.45) is -0.120. The second kappa shape index (κ2) is 8.66. The van der Waals surface area contributed by atoms with Crippen LogP contribution in [0.5, 0.6) is 5.75 Å². The first-order valence-corrected chi connectivity index (χ1v) is 9.85. The first-order chi connectivity index (χ1) is 14.7. The molecule has 0 bridgehead atoms. The molecule has 1 heterocycles. The molecule has 3 aromatic carbocycles. The van der Waals surface area contributed by atoms with Gasteiger partial charge in [-0.25, -0.2) is 4.68 Å². The largest absolute Gasteiger partial charge is 0.494 e. The van der Waals surface area contributed by atoms with Gasteiger partial charge < -0.3 is 9.84 Å². The summed E-state index contributed by atoms with van der Waals surface area (Å²) in [5.41, 5.74) is 4.78. The van der Waals surface area contributed by atoms with Crippen molar-refractivity contribution < 1.29 is 14.6 Å². The molecule has 5 nitrogen and oxygen atoms in total. The molecule has 150 valence electrons. The van der Waals surface area contributed by atoms with E-state index < -0.39 is 5.97 Å². The molecule has 0 unspecified atom stereocenters. The fourth-order valence-corrected chi connectivity index (χ4v) is 3.53. The van der Waals surface area contributed by atoms with E-state index >= 15 is 0 Å². The molecule has 0 aliphatic carbocycles. The summed E-state index contributed by atoms with van der Waals surface area (Å²) in [7, 11) is 0. The van der Waals surface area contributed by atoms with E-state index in [0.29, 0.717) is 17.9 Å². The van der Waals surface area contributed by atoms with Crippen molar-refractivity contribution in [3.05, 3.63) is 90.5 Å². The Morgan fingerprint density at radius 3 is 2.07 bits per heavy atom. The molecule has 0 atom stereocenters.